The Kier molecular flexibility index (Phi) is 2.51. The second kappa shape index (κ2) is 3.82. The molecule has 0 saturated carbocycles. The highest BCUT2D eigenvalue weighted by Gasteiger charge is 2.35. The van der Waals surface area contributed by atoms with Gasteiger partial charge in [0, 0.05) is 7.05 Å². The molecule has 15 heavy (non-hydrogen) atoms. The van der Waals surface area contributed by atoms with Crippen molar-refractivity contribution in [1.29, 1.82) is 0 Å². The van der Waals surface area contributed by atoms with Crippen LogP contribution in [-0.2, 0) is 16.1 Å². The predicted molar refractivity (Wildman–Crippen MR) is 49.5 cm³/mol. The van der Waals surface area contributed by atoms with Gasteiger partial charge in [0.05, 0.1) is 25.2 Å². The summed E-state index contributed by atoms with van der Waals surface area (Å²) in [6, 6.07) is -0.437. The highest BCUT2D eigenvalue weighted by molar-refractivity contribution is 6.05. The molecule has 0 aliphatic carbocycles. The fraction of sp³-hybridized carbons (Fsp3) is 0.444. The fourth-order valence-electron chi connectivity index (χ4n) is 1.47. The minimum absolute atomic E-state index is 0.157. The molecule has 1 aliphatic rings. The van der Waals surface area contributed by atoms with Crippen molar-refractivity contribution in [3.63, 3.8) is 0 Å². The number of hydrogen-bond acceptors (Lipinski definition) is 5. The van der Waals surface area contributed by atoms with Crippen molar-refractivity contribution in [2.24, 2.45) is 0 Å². The van der Waals surface area contributed by atoms with E-state index in [9.17, 15) is 9.59 Å². The van der Waals surface area contributed by atoms with Gasteiger partial charge in [-0.1, -0.05) is 0 Å². The molecule has 2 heterocycles. The summed E-state index contributed by atoms with van der Waals surface area (Å²) in [6.45, 7) is 0.400. The second-order valence-electron chi connectivity index (χ2n) is 3.40. The molecule has 1 fully saturated rings. The van der Waals surface area contributed by atoms with E-state index in [4.69, 9.17) is 4.42 Å². The largest absolute Gasteiger partial charge is 0.447 e. The number of oxazole rings is 1. The van der Waals surface area contributed by atoms with E-state index in [1.54, 1.807) is 6.20 Å². The molecule has 6 nitrogen and oxygen atoms in total. The molecule has 2 rings (SSSR count). The molecule has 0 radical (unpaired) electrons. The summed E-state index contributed by atoms with van der Waals surface area (Å²) in [5.41, 5.74) is 0. The van der Waals surface area contributed by atoms with Crippen LogP contribution in [0.15, 0.2) is 17.0 Å². The molecule has 1 aromatic rings. The number of likely N-dealkylation sites (tertiary alicyclic amines) is 1. The van der Waals surface area contributed by atoms with Gasteiger partial charge in [-0.25, -0.2) is 4.98 Å². The van der Waals surface area contributed by atoms with Crippen molar-refractivity contribution < 1.29 is 14.0 Å². The first kappa shape index (κ1) is 9.85. The van der Waals surface area contributed by atoms with Crippen LogP contribution >= 0.6 is 0 Å². The molecule has 6 heteroatoms. The van der Waals surface area contributed by atoms with Gasteiger partial charge in [0.25, 0.3) is 0 Å². The number of carbonyl (C=O) groups excluding carboxylic acids is 2. The lowest BCUT2D eigenvalue weighted by Gasteiger charge is -2.09. The fourth-order valence-corrected chi connectivity index (χ4v) is 1.47. The second-order valence-corrected chi connectivity index (χ2v) is 3.40. The molecular formula is C9H11N3O3. The van der Waals surface area contributed by atoms with Crippen molar-refractivity contribution >= 4 is 11.8 Å². The Hall–Kier alpha value is -1.69. The highest BCUT2D eigenvalue weighted by Crippen LogP contribution is 2.11. The summed E-state index contributed by atoms with van der Waals surface area (Å²) < 4.78 is 5.00. The number of aromatic nitrogens is 1. The number of nitrogens with zero attached hydrogens (tertiary/aromatic N) is 2. The van der Waals surface area contributed by atoms with Gasteiger partial charge >= 0.3 is 0 Å². The zero-order chi connectivity index (χ0) is 10.8. The molecule has 1 aliphatic heterocycles. The van der Waals surface area contributed by atoms with E-state index in [1.807, 2.05) is 0 Å². The number of imide groups is 1. The number of hydrogen-bond donors (Lipinski definition) is 1. The smallest absolute Gasteiger partial charge is 0.246 e. The third-order valence-corrected chi connectivity index (χ3v) is 2.39. The summed E-state index contributed by atoms with van der Waals surface area (Å²) in [4.78, 5) is 27.5. The molecule has 80 valence electrons. The Morgan fingerprint density at radius 3 is 3.00 bits per heavy atom. The van der Waals surface area contributed by atoms with Crippen LogP contribution in [0, 0.1) is 0 Å². The molecule has 0 bridgehead atoms. The van der Waals surface area contributed by atoms with Crippen LogP contribution in [-0.4, -0.2) is 34.8 Å². The third-order valence-electron chi connectivity index (χ3n) is 2.39. The highest BCUT2D eigenvalue weighted by atomic mass is 16.3. The molecule has 1 saturated heterocycles. The van der Waals surface area contributed by atoms with Crippen LogP contribution in [0.1, 0.15) is 12.2 Å². The maximum absolute atomic E-state index is 11.5. The average molecular weight is 209 g/mol. The van der Waals surface area contributed by atoms with Gasteiger partial charge in [0.1, 0.15) is 5.76 Å². The van der Waals surface area contributed by atoms with Crippen molar-refractivity contribution in [1.82, 2.24) is 15.2 Å². The third kappa shape index (κ3) is 1.89. The minimum Gasteiger partial charge on any atom is -0.447 e. The maximum atomic E-state index is 11.5. The summed E-state index contributed by atoms with van der Waals surface area (Å²) in [5, 5.41) is 2.95. The van der Waals surface area contributed by atoms with Gasteiger partial charge in [0.15, 0.2) is 6.39 Å². The van der Waals surface area contributed by atoms with Crippen molar-refractivity contribution in [2.75, 3.05) is 7.05 Å². The van der Waals surface area contributed by atoms with Crippen molar-refractivity contribution in [3.05, 3.63) is 18.4 Å². The Morgan fingerprint density at radius 1 is 1.67 bits per heavy atom. The quantitative estimate of drug-likeness (QED) is 0.680. The van der Waals surface area contributed by atoms with Crippen molar-refractivity contribution in [3.8, 4) is 0 Å². The summed E-state index contributed by atoms with van der Waals surface area (Å²) in [6.07, 6.45) is 3.10. The molecule has 2 amide bonds. The van der Waals surface area contributed by atoms with E-state index in [2.05, 4.69) is 10.3 Å². The topological polar surface area (TPSA) is 75.4 Å². The first-order valence-corrected chi connectivity index (χ1v) is 4.59. The lowest BCUT2D eigenvalue weighted by atomic mass is 10.2. The number of nitrogens with one attached hydrogen (secondary N) is 1. The minimum atomic E-state index is -0.437. The van der Waals surface area contributed by atoms with Crippen molar-refractivity contribution in [2.45, 2.75) is 19.0 Å². The first-order valence-electron chi connectivity index (χ1n) is 4.59. The van der Waals surface area contributed by atoms with E-state index in [-0.39, 0.29) is 18.2 Å². The SMILES string of the molecule is CN1C(=O)CC(NCc2cnco2)C1=O. The van der Waals surface area contributed by atoms with Crippen LogP contribution in [0.25, 0.3) is 0 Å². The van der Waals surface area contributed by atoms with Gasteiger partial charge < -0.3 is 4.42 Å². The monoisotopic (exact) mass is 209 g/mol. The van der Waals surface area contributed by atoms with Gasteiger partial charge in [0.2, 0.25) is 11.8 Å². The lowest BCUT2D eigenvalue weighted by Crippen LogP contribution is -2.36. The standard InChI is InChI=1S/C9H11N3O3/c1-12-8(13)2-7(9(12)14)11-4-6-3-10-5-15-6/h3,5,7,11H,2,4H2,1H3. The molecule has 0 spiro atoms. The summed E-state index contributed by atoms with van der Waals surface area (Å²) in [5.74, 6) is 0.291. The molecule has 1 N–H and O–H groups in total. The van der Waals surface area contributed by atoms with E-state index in [0.29, 0.717) is 12.3 Å². The maximum Gasteiger partial charge on any atom is 0.246 e. The zero-order valence-electron chi connectivity index (χ0n) is 8.27. The molecule has 1 aromatic heterocycles. The molecular weight excluding hydrogens is 198 g/mol. The number of likely N-dealkylation sites (N-methyl/N-ethyl adjacent to an activating group) is 1. The Morgan fingerprint density at radius 2 is 2.47 bits per heavy atom. The van der Waals surface area contributed by atoms with E-state index in [1.165, 1.54) is 13.4 Å². The van der Waals surface area contributed by atoms with Crippen LogP contribution in [0.5, 0.6) is 0 Å². The van der Waals surface area contributed by atoms with Crippen LogP contribution in [0.2, 0.25) is 0 Å². The Labute approximate surface area is 86.3 Å². The van der Waals surface area contributed by atoms with Gasteiger partial charge in [-0.3, -0.25) is 19.8 Å². The first-order chi connectivity index (χ1) is 7.18. The Balaban J connectivity index is 1.91. The Bertz CT molecular complexity index is 374. The molecule has 1 unspecified atom stereocenters. The normalized spacial score (nSPS) is 21.4. The molecule has 1 atom stereocenters. The van der Waals surface area contributed by atoms with Crippen LogP contribution < -0.4 is 5.32 Å². The lowest BCUT2D eigenvalue weighted by molar-refractivity contribution is -0.137. The number of amides is 2. The number of rotatable bonds is 3. The van der Waals surface area contributed by atoms with E-state index < -0.39 is 6.04 Å². The number of carbonyl (C=O) groups is 2. The van der Waals surface area contributed by atoms with E-state index >= 15 is 0 Å². The molecule has 0 aromatic carbocycles. The average Bonchev–Trinajstić information content (AvgIpc) is 2.80. The van der Waals surface area contributed by atoms with Crippen LogP contribution in [0.3, 0.4) is 0 Å². The zero-order valence-corrected chi connectivity index (χ0v) is 8.27. The van der Waals surface area contributed by atoms with Crippen LogP contribution in [0.4, 0.5) is 0 Å². The predicted octanol–water partition coefficient (Wildman–Crippen LogP) is -0.479. The van der Waals surface area contributed by atoms with Gasteiger partial charge in [-0.2, -0.15) is 0 Å². The summed E-state index contributed by atoms with van der Waals surface area (Å²) >= 11 is 0. The van der Waals surface area contributed by atoms with E-state index in [0.717, 1.165) is 4.90 Å². The van der Waals surface area contributed by atoms with Gasteiger partial charge in [-0.15, -0.1) is 0 Å². The van der Waals surface area contributed by atoms with Gasteiger partial charge in [-0.05, 0) is 0 Å². The summed E-state index contributed by atoms with van der Waals surface area (Å²) in [7, 11) is 1.49.